The van der Waals surface area contributed by atoms with Crippen LogP contribution in [0, 0.1) is 23.0 Å². The Morgan fingerprint density at radius 2 is 0.973 bits per heavy atom. The maximum absolute atomic E-state index is 14.3. The van der Waals surface area contributed by atoms with Crippen LogP contribution in [0.15, 0.2) is 108 Å². The van der Waals surface area contributed by atoms with Gasteiger partial charge < -0.3 is 0 Å². The number of pyridine rings is 2. The molecule has 0 radical (unpaired) electrons. The molecule has 0 unspecified atom stereocenters. The second-order valence-corrected chi connectivity index (χ2v) is 21.0. The van der Waals surface area contributed by atoms with E-state index < -0.39 is 105 Å². The quantitative estimate of drug-likeness (QED) is 0.0938. The number of Topliss-reactive ketones (excluding diaryl/α,β-unsaturated/α-hetero) is 2. The van der Waals surface area contributed by atoms with Crippen LogP contribution in [0.2, 0.25) is 5.02 Å². The molecule has 75 heavy (non-hydrogen) atoms. The van der Waals surface area contributed by atoms with Gasteiger partial charge in [0.05, 0.1) is 43.8 Å². The third-order valence-electron chi connectivity index (χ3n) is 11.7. The summed E-state index contributed by atoms with van der Waals surface area (Å²) in [7, 11) is -8.54. The molecule has 2 fully saturated rings. The average Bonchev–Trinajstić information content (AvgIpc) is 3.99. The highest BCUT2D eigenvalue weighted by molar-refractivity contribution is 7.89. The van der Waals surface area contributed by atoms with E-state index in [-0.39, 0.29) is 81.4 Å². The van der Waals surface area contributed by atoms with Crippen molar-refractivity contribution in [2.75, 3.05) is 13.1 Å². The highest BCUT2D eigenvalue weighted by Gasteiger charge is 2.45. The van der Waals surface area contributed by atoms with Gasteiger partial charge in [-0.2, -0.15) is 40.2 Å². The Hall–Kier alpha value is -6.86. The summed E-state index contributed by atoms with van der Waals surface area (Å²) in [4.78, 5) is 46.7. The third kappa shape index (κ3) is 13.2. The fourth-order valence-corrected chi connectivity index (χ4v) is 11.5. The summed E-state index contributed by atoms with van der Waals surface area (Å²) in [5.74, 6) is -5.07. The van der Waals surface area contributed by atoms with Crippen LogP contribution in [-0.4, -0.2) is 104 Å². The summed E-state index contributed by atoms with van der Waals surface area (Å²) in [5.41, 5.74) is 1.54. The first-order valence-electron chi connectivity index (χ1n) is 22.0. The monoisotopic (exact) mass is 1110 g/mol. The predicted octanol–water partition coefficient (Wildman–Crippen LogP) is 8.52. The van der Waals surface area contributed by atoms with Crippen molar-refractivity contribution in [3.63, 3.8) is 0 Å². The van der Waals surface area contributed by atoms with E-state index >= 15 is 0 Å². The van der Waals surface area contributed by atoms with Crippen molar-refractivity contribution in [1.82, 2.24) is 38.5 Å². The Morgan fingerprint density at radius 3 is 1.36 bits per heavy atom. The van der Waals surface area contributed by atoms with E-state index in [4.69, 9.17) is 11.6 Å². The number of carbonyl (C=O) groups excluding carboxylic acids is 2. The van der Waals surface area contributed by atoms with E-state index in [2.05, 4.69) is 29.9 Å². The van der Waals surface area contributed by atoms with Gasteiger partial charge in [0.1, 0.15) is 30.0 Å². The molecule has 2 aliphatic heterocycles. The normalized spacial score (nSPS) is 18.5. The standard InChI is InChI=1S/C24H18F5N5O3S.C23H18ClF5N4O3S/c25-17-2-4-19(5-3-17)38(36,37)34-13-18(26)8-21(34)22(35)6-1-14-7-20(31-10-15(14)9-30)16-11-32-23(33-12-16)24(27,28)29;24-18-11-30-19(14-9-31-22(32-10-14)23(27,28)29)7-13(18)1-6-21(34)20-8-16(26)12-33(20)37(35,36)17-4-2-15(25)3-5-17/h2-5,7,10-12,18,21H,1,6,8,13H2;2-5,7,9-11,16,20H,1,6,8,12H2/t18-,21+;16-,20+/m11/s1. The van der Waals surface area contributed by atoms with Crippen molar-refractivity contribution in [3.05, 3.63) is 143 Å². The summed E-state index contributed by atoms with van der Waals surface area (Å²) in [6.45, 7) is -1.04. The Balaban J connectivity index is 0.000000219. The Morgan fingerprint density at radius 1 is 0.600 bits per heavy atom. The number of aromatic nitrogens is 6. The largest absolute Gasteiger partial charge is 0.451 e. The zero-order chi connectivity index (χ0) is 54.6. The molecule has 4 atom stereocenters. The molecule has 2 saturated heterocycles. The van der Waals surface area contributed by atoms with Gasteiger partial charge in [-0.15, -0.1) is 0 Å². The van der Waals surface area contributed by atoms with Crippen LogP contribution < -0.4 is 0 Å². The lowest BCUT2D eigenvalue weighted by molar-refractivity contribution is -0.145. The van der Waals surface area contributed by atoms with Crippen molar-refractivity contribution in [2.45, 2.75) is 85.1 Å². The van der Waals surface area contributed by atoms with Crippen molar-refractivity contribution in [2.24, 2.45) is 0 Å². The molecule has 0 saturated carbocycles. The van der Waals surface area contributed by atoms with Crippen LogP contribution in [-0.2, 0) is 54.8 Å². The van der Waals surface area contributed by atoms with Gasteiger partial charge in [0, 0.05) is 87.1 Å². The summed E-state index contributed by atoms with van der Waals surface area (Å²) >= 11 is 6.18. The molecule has 0 aliphatic carbocycles. The van der Waals surface area contributed by atoms with Gasteiger partial charge in [0.25, 0.3) is 0 Å². The zero-order valence-corrected chi connectivity index (χ0v) is 40.5. The van der Waals surface area contributed by atoms with Gasteiger partial charge in [0.2, 0.25) is 31.7 Å². The first kappa shape index (κ1) is 55.9. The highest BCUT2D eigenvalue weighted by atomic mass is 35.5. The number of carbonyl (C=O) groups is 2. The lowest BCUT2D eigenvalue weighted by Gasteiger charge is -2.23. The molecule has 0 amide bonds. The third-order valence-corrected chi connectivity index (χ3v) is 15.8. The molecule has 2 aromatic carbocycles. The van der Waals surface area contributed by atoms with E-state index in [0.29, 0.717) is 11.1 Å². The molecule has 15 nitrogen and oxygen atoms in total. The molecule has 0 bridgehead atoms. The maximum Gasteiger partial charge on any atom is 0.451 e. The van der Waals surface area contributed by atoms with Crippen LogP contribution in [0.4, 0.5) is 43.9 Å². The van der Waals surface area contributed by atoms with Gasteiger partial charge in [-0.1, -0.05) is 11.6 Å². The molecule has 28 heteroatoms. The molecule has 0 N–H and O–H groups in total. The number of hydrogen-bond donors (Lipinski definition) is 0. The molecule has 6 heterocycles. The van der Waals surface area contributed by atoms with Gasteiger partial charge in [-0.05, 0) is 84.6 Å². The van der Waals surface area contributed by atoms with Crippen LogP contribution >= 0.6 is 11.6 Å². The zero-order valence-electron chi connectivity index (χ0n) is 38.2. The fourth-order valence-electron chi connectivity index (χ4n) is 7.97. The maximum atomic E-state index is 14.3. The number of nitrogens with zero attached hydrogens (tertiary/aromatic N) is 9. The van der Waals surface area contributed by atoms with E-state index in [1.807, 2.05) is 6.07 Å². The molecular formula is C47H36ClF10N9O6S2. The second-order valence-electron chi connectivity index (χ2n) is 16.8. The summed E-state index contributed by atoms with van der Waals surface area (Å²) in [6.07, 6.45) is -7.48. The lowest BCUT2D eigenvalue weighted by atomic mass is 9.99. The molecule has 394 valence electrons. The van der Waals surface area contributed by atoms with Crippen molar-refractivity contribution >= 4 is 43.2 Å². The Bertz CT molecular complexity index is 3340. The minimum atomic E-state index is -4.72. The topological polar surface area (TPSA) is 210 Å². The summed E-state index contributed by atoms with van der Waals surface area (Å²) in [5, 5.41) is 9.60. The molecule has 0 spiro atoms. The average molecular weight is 1110 g/mol. The van der Waals surface area contributed by atoms with E-state index in [1.165, 1.54) is 24.5 Å². The van der Waals surface area contributed by atoms with Gasteiger partial charge in [-0.25, -0.2) is 54.3 Å². The summed E-state index contributed by atoms with van der Waals surface area (Å²) < 4.78 is 185. The highest BCUT2D eigenvalue weighted by Crippen LogP contribution is 2.34. The minimum Gasteiger partial charge on any atom is -0.298 e. The number of sulfonamides is 2. The van der Waals surface area contributed by atoms with Crippen molar-refractivity contribution < 1.29 is 70.3 Å². The number of aryl methyl sites for hydroxylation is 2. The van der Waals surface area contributed by atoms with Crippen molar-refractivity contribution in [1.29, 1.82) is 5.26 Å². The fraction of sp³-hybridized carbons (Fsp3) is 0.298. The van der Waals surface area contributed by atoms with Crippen LogP contribution in [0.25, 0.3) is 22.5 Å². The first-order chi connectivity index (χ1) is 35.3. The van der Waals surface area contributed by atoms with Gasteiger partial charge >= 0.3 is 12.4 Å². The first-order valence-corrected chi connectivity index (χ1v) is 25.2. The number of rotatable bonds is 14. The Labute approximate surface area is 425 Å². The lowest BCUT2D eigenvalue weighted by Crippen LogP contribution is -2.40. The molecule has 2 aliphatic rings. The number of benzene rings is 2. The molecule has 4 aromatic heterocycles. The number of halogens is 11. The molecular weight excluding hydrogens is 1080 g/mol. The number of alkyl halides is 8. The second kappa shape index (κ2) is 22.5. The van der Waals surface area contributed by atoms with Crippen LogP contribution in [0.3, 0.4) is 0 Å². The Kier molecular flexibility index (Phi) is 16.8. The van der Waals surface area contributed by atoms with Gasteiger partial charge in [0.15, 0.2) is 11.6 Å². The van der Waals surface area contributed by atoms with Gasteiger partial charge in [-0.3, -0.25) is 19.6 Å². The number of hydrogen-bond acceptors (Lipinski definition) is 13. The van der Waals surface area contributed by atoms with Crippen molar-refractivity contribution in [3.8, 4) is 28.6 Å². The van der Waals surface area contributed by atoms with Crippen LogP contribution in [0.1, 0.15) is 54.0 Å². The van der Waals surface area contributed by atoms with E-state index in [9.17, 15) is 75.6 Å². The molecule has 8 rings (SSSR count). The minimum absolute atomic E-state index is 0.0343. The number of ketones is 2. The van der Waals surface area contributed by atoms with Crippen LogP contribution in [0.5, 0.6) is 0 Å². The summed E-state index contributed by atoms with van der Waals surface area (Å²) in [6, 6.07) is 10.2. The predicted molar refractivity (Wildman–Crippen MR) is 244 cm³/mol. The van der Waals surface area contributed by atoms with E-state index in [0.717, 1.165) is 81.9 Å². The smallest absolute Gasteiger partial charge is 0.298 e. The SMILES string of the molecule is N#Cc1cnc(-c2cnc(C(F)(F)F)nc2)cc1CCC(=O)[C@@H]1C[C@@H](F)CN1S(=O)(=O)c1ccc(F)cc1.O=C(CCc1cc(-c2cnc(C(F)(F)F)nc2)ncc1Cl)[C@@H]1C[C@@H](F)CN1S(=O)(=O)c1ccc(F)cc1. The molecule has 6 aromatic rings. The van der Waals surface area contributed by atoms with E-state index in [1.54, 1.807) is 0 Å². The number of nitriles is 1.